The predicted molar refractivity (Wildman–Crippen MR) is 68.2 cm³/mol. The lowest BCUT2D eigenvalue weighted by Gasteiger charge is -2.16. The van der Waals surface area contributed by atoms with Gasteiger partial charge in [0.25, 0.3) is 0 Å². The zero-order chi connectivity index (χ0) is 12.9. The highest BCUT2D eigenvalue weighted by Crippen LogP contribution is 2.25. The van der Waals surface area contributed by atoms with Crippen molar-refractivity contribution < 1.29 is 13.2 Å². The molecule has 4 nitrogen and oxygen atoms in total. The molecular weight excluding hydrogens is 238 g/mol. The topological polar surface area (TPSA) is 55.4 Å². The van der Waals surface area contributed by atoms with Gasteiger partial charge in [0.1, 0.15) is 16.7 Å². The third kappa shape index (κ3) is 3.71. The second-order valence-corrected chi connectivity index (χ2v) is 6.08. The minimum absolute atomic E-state index is 0.0757. The number of hydrogen-bond acceptors (Lipinski definition) is 4. The van der Waals surface area contributed by atoms with Crippen molar-refractivity contribution in [2.45, 2.75) is 24.8 Å². The van der Waals surface area contributed by atoms with Crippen LogP contribution in [0, 0.1) is 0 Å². The molecule has 1 aromatic rings. The van der Waals surface area contributed by atoms with Gasteiger partial charge in [-0.3, -0.25) is 0 Å². The molecule has 17 heavy (non-hydrogen) atoms. The van der Waals surface area contributed by atoms with Gasteiger partial charge in [0.2, 0.25) is 0 Å². The van der Waals surface area contributed by atoms with E-state index in [4.69, 9.17) is 4.74 Å². The molecular formula is C12H19NO3S. The average Bonchev–Trinajstić information content (AvgIpc) is 2.30. The Kier molecular flexibility index (Phi) is 4.96. The minimum atomic E-state index is -3.23. The second-order valence-electron chi connectivity index (χ2n) is 3.84. The highest BCUT2D eigenvalue weighted by molar-refractivity contribution is 7.91. The van der Waals surface area contributed by atoms with E-state index >= 15 is 0 Å². The summed E-state index contributed by atoms with van der Waals surface area (Å²) < 4.78 is 29.4. The Morgan fingerprint density at radius 3 is 2.59 bits per heavy atom. The first-order valence-corrected chi connectivity index (χ1v) is 7.29. The standard InChI is InChI=1S/C12H19NO3S/c1-4-17(14,15)12-8-6-5-7-11(12)16-10(2)9-13-3/h5-8,10,13H,4,9H2,1-3H3. The molecule has 0 heterocycles. The molecule has 0 bridgehead atoms. The normalized spacial score (nSPS) is 13.4. The van der Waals surface area contributed by atoms with Crippen molar-refractivity contribution in [3.63, 3.8) is 0 Å². The number of hydrogen-bond donors (Lipinski definition) is 1. The van der Waals surface area contributed by atoms with Crippen molar-refractivity contribution in [1.29, 1.82) is 0 Å². The van der Waals surface area contributed by atoms with Gasteiger partial charge in [0.15, 0.2) is 9.84 Å². The number of para-hydroxylation sites is 1. The van der Waals surface area contributed by atoms with E-state index in [2.05, 4.69) is 5.32 Å². The van der Waals surface area contributed by atoms with Crippen molar-refractivity contribution >= 4 is 9.84 Å². The third-order valence-corrected chi connectivity index (χ3v) is 4.15. The number of benzene rings is 1. The van der Waals surface area contributed by atoms with Crippen molar-refractivity contribution in [3.05, 3.63) is 24.3 Å². The van der Waals surface area contributed by atoms with Crippen LogP contribution in [0.3, 0.4) is 0 Å². The Morgan fingerprint density at radius 1 is 1.35 bits per heavy atom. The zero-order valence-electron chi connectivity index (χ0n) is 10.4. The van der Waals surface area contributed by atoms with Crippen molar-refractivity contribution in [3.8, 4) is 5.75 Å². The Balaban J connectivity index is 3.01. The molecule has 0 aromatic heterocycles. The van der Waals surface area contributed by atoms with Crippen LogP contribution in [-0.4, -0.2) is 33.9 Å². The summed E-state index contributed by atoms with van der Waals surface area (Å²) in [6, 6.07) is 6.75. The molecule has 0 saturated carbocycles. The maximum absolute atomic E-state index is 11.9. The van der Waals surface area contributed by atoms with Crippen LogP contribution in [0.4, 0.5) is 0 Å². The van der Waals surface area contributed by atoms with E-state index in [0.29, 0.717) is 12.3 Å². The fraction of sp³-hybridized carbons (Fsp3) is 0.500. The monoisotopic (exact) mass is 257 g/mol. The highest BCUT2D eigenvalue weighted by Gasteiger charge is 2.18. The molecule has 1 N–H and O–H groups in total. The fourth-order valence-corrected chi connectivity index (χ4v) is 2.53. The van der Waals surface area contributed by atoms with Gasteiger partial charge in [-0.1, -0.05) is 19.1 Å². The first-order chi connectivity index (χ1) is 8.01. The molecule has 0 saturated heterocycles. The summed E-state index contributed by atoms with van der Waals surface area (Å²) in [6.45, 7) is 4.19. The van der Waals surface area contributed by atoms with E-state index in [9.17, 15) is 8.42 Å². The molecule has 1 atom stereocenters. The van der Waals surface area contributed by atoms with Crippen LogP contribution in [0.15, 0.2) is 29.2 Å². The van der Waals surface area contributed by atoms with Gasteiger partial charge in [-0.15, -0.1) is 0 Å². The highest BCUT2D eigenvalue weighted by atomic mass is 32.2. The number of rotatable bonds is 6. The van der Waals surface area contributed by atoms with E-state index in [1.807, 2.05) is 14.0 Å². The molecule has 0 aliphatic rings. The molecule has 0 spiro atoms. The van der Waals surface area contributed by atoms with E-state index in [-0.39, 0.29) is 16.8 Å². The maximum Gasteiger partial charge on any atom is 0.181 e. The summed E-state index contributed by atoms with van der Waals surface area (Å²) in [5.74, 6) is 0.505. The summed E-state index contributed by atoms with van der Waals surface area (Å²) in [5.41, 5.74) is 0. The molecule has 0 amide bonds. The molecule has 0 aliphatic carbocycles. The Hall–Kier alpha value is -1.07. The van der Waals surface area contributed by atoms with Crippen molar-refractivity contribution in [2.24, 2.45) is 0 Å². The maximum atomic E-state index is 11.9. The predicted octanol–water partition coefficient (Wildman–Crippen LogP) is 1.47. The summed E-state index contributed by atoms with van der Waals surface area (Å²) in [6.07, 6.45) is -0.0757. The molecule has 96 valence electrons. The van der Waals surface area contributed by atoms with Crippen LogP contribution in [0.25, 0.3) is 0 Å². The number of likely N-dealkylation sites (N-methyl/N-ethyl adjacent to an activating group) is 1. The van der Waals surface area contributed by atoms with Gasteiger partial charge in [0, 0.05) is 6.54 Å². The lowest BCUT2D eigenvalue weighted by molar-refractivity contribution is 0.215. The van der Waals surface area contributed by atoms with Gasteiger partial charge in [-0.25, -0.2) is 8.42 Å². The molecule has 1 unspecified atom stereocenters. The summed E-state index contributed by atoms with van der Waals surface area (Å²) >= 11 is 0. The molecule has 1 aromatic carbocycles. The first kappa shape index (κ1) is 14.0. The van der Waals surface area contributed by atoms with Crippen LogP contribution in [-0.2, 0) is 9.84 Å². The summed E-state index contributed by atoms with van der Waals surface area (Å²) in [5, 5.41) is 2.99. The molecule has 0 radical (unpaired) electrons. The molecule has 0 fully saturated rings. The number of ether oxygens (including phenoxy) is 1. The lowest BCUT2D eigenvalue weighted by Crippen LogP contribution is -2.26. The quantitative estimate of drug-likeness (QED) is 0.838. The Labute approximate surface area is 103 Å². The Bertz CT molecular complexity index is 457. The Morgan fingerprint density at radius 2 is 2.00 bits per heavy atom. The molecule has 5 heteroatoms. The smallest absolute Gasteiger partial charge is 0.181 e. The lowest BCUT2D eigenvalue weighted by atomic mass is 10.3. The molecule has 1 rings (SSSR count). The van der Waals surface area contributed by atoms with Crippen molar-refractivity contribution in [2.75, 3.05) is 19.3 Å². The second kappa shape index (κ2) is 6.02. The van der Waals surface area contributed by atoms with E-state index in [1.54, 1.807) is 31.2 Å². The number of sulfone groups is 1. The SMILES string of the molecule is CCS(=O)(=O)c1ccccc1OC(C)CNC. The average molecular weight is 257 g/mol. The van der Waals surface area contributed by atoms with Gasteiger partial charge in [-0.2, -0.15) is 0 Å². The van der Waals surface area contributed by atoms with E-state index < -0.39 is 9.84 Å². The van der Waals surface area contributed by atoms with Crippen LogP contribution < -0.4 is 10.1 Å². The van der Waals surface area contributed by atoms with Crippen LogP contribution >= 0.6 is 0 Å². The van der Waals surface area contributed by atoms with Gasteiger partial charge in [0.05, 0.1) is 5.75 Å². The fourth-order valence-electron chi connectivity index (χ4n) is 1.51. The number of nitrogens with one attached hydrogen (secondary N) is 1. The van der Waals surface area contributed by atoms with Crippen LogP contribution in [0.5, 0.6) is 5.75 Å². The summed E-state index contributed by atoms with van der Waals surface area (Å²) in [4.78, 5) is 0.269. The van der Waals surface area contributed by atoms with Crippen molar-refractivity contribution in [1.82, 2.24) is 5.32 Å². The summed E-state index contributed by atoms with van der Waals surface area (Å²) in [7, 11) is -1.41. The van der Waals surface area contributed by atoms with Gasteiger partial charge < -0.3 is 10.1 Å². The van der Waals surface area contributed by atoms with E-state index in [1.165, 1.54) is 0 Å². The minimum Gasteiger partial charge on any atom is -0.488 e. The zero-order valence-corrected chi connectivity index (χ0v) is 11.3. The van der Waals surface area contributed by atoms with Gasteiger partial charge in [-0.05, 0) is 26.1 Å². The third-order valence-electron chi connectivity index (χ3n) is 2.38. The largest absolute Gasteiger partial charge is 0.488 e. The van der Waals surface area contributed by atoms with Crippen LogP contribution in [0.2, 0.25) is 0 Å². The van der Waals surface area contributed by atoms with Gasteiger partial charge >= 0.3 is 0 Å². The van der Waals surface area contributed by atoms with E-state index in [0.717, 1.165) is 0 Å². The first-order valence-electron chi connectivity index (χ1n) is 5.64. The molecule has 0 aliphatic heterocycles. The van der Waals surface area contributed by atoms with Crippen LogP contribution in [0.1, 0.15) is 13.8 Å².